The summed E-state index contributed by atoms with van der Waals surface area (Å²) >= 11 is 3.38. The number of carbonyl (C=O) groups is 1. The molecule has 0 atom stereocenters. The molecule has 2 aromatic rings. The predicted molar refractivity (Wildman–Crippen MR) is 86.4 cm³/mol. The van der Waals surface area contributed by atoms with E-state index in [1.807, 2.05) is 32.0 Å². The van der Waals surface area contributed by atoms with Crippen molar-refractivity contribution in [1.29, 1.82) is 0 Å². The largest absolute Gasteiger partial charge is 0.507 e. The summed E-state index contributed by atoms with van der Waals surface area (Å²) in [5, 5.41) is 11.7. The summed E-state index contributed by atoms with van der Waals surface area (Å²) < 4.78 is 5.78. The Morgan fingerprint density at radius 1 is 1.33 bits per heavy atom. The van der Waals surface area contributed by atoms with Crippen LogP contribution in [0.5, 0.6) is 5.75 Å². The van der Waals surface area contributed by atoms with Crippen molar-refractivity contribution >= 4 is 32.8 Å². The topological polar surface area (TPSA) is 72.6 Å². The van der Waals surface area contributed by atoms with Gasteiger partial charge in [-0.1, -0.05) is 24.3 Å². The second kappa shape index (κ2) is 5.93. The monoisotopic (exact) mass is 351 g/mol. The Bertz CT molecular complexity index is 683. The molecular weight excluding hydrogens is 334 g/mol. The van der Waals surface area contributed by atoms with Crippen molar-refractivity contribution in [3.63, 3.8) is 0 Å². The second-order valence-electron chi connectivity index (χ2n) is 5.63. The van der Waals surface area contributed by atoms with Gasteiger partial charge in [0.15, 0.2) is 0 Å². The number of fused-ring (bicyclic) bond motifs is 1. The van der Waals surface area contributed by atoms with Crippen LogP contribution in [0.1, 0.15) is 25.8 Å². The van der Waals surface area contributed by atoms with Crippen molar-refractivity contribution in [2.75, 3.05) is 0 Å². The van der Waals surface area contributed by atoms with Crippen LogP contribution in [0.15, 0.2) is 34.8 Å². The Morgan fingerprint density at radius 3 is 2.71 bits per heavy atom. The molecule has 0 aromatic heterocycles. The van der Waals surface area contributed by atoms with Crippen LogP contribution < -0.4 is 5.73 Å². The zero-order valence-electron chi connectivity index (χ0n) is 12.0. The number of nitrogens with two attached hydrogens (primary N) is 1. The fourth-order valence-corrected chi connectivity index (χ4v) is 2.75. The molecule has 0 radical (unpaired) electrons. The first-order valence-corrected chi connectivity index (χ1v) is 7.46. The van der Waals surface area contributed by atoms with E-state index in [2.05, 4.69) is 22.0 Å². The summed E-state index contributed by atoms with van der Waals surface area (Å²) in [6, 6.07) is 9.59. The van der Waals surface area contributed by atoms with Gasteiger partial charge in [-0.05, 0) is 65.0 Å². The van der Waals surface area contributed by atoms with Crippen LogP contribution in [0.25, 0.3) is 10.8 Å². The lowest BCUT2D eigenvalue weighted by Gasteiger charge is -2.23. The molecule has 0 bridgehead atoms. The van der Waals surface area contributed by atoms with E-state index < -0.39 is 11.7 Å². The minimum Gasteiger partial charge on any atom is -0.507 e. The second-order valence-corrected chi connectivity index (χ2v) is 6.43. The summed E-state index contributed by atoms with van der Waals surface area (Å²) in [6.07, 6.45) is 0.702. The smallest absolute Gasteiger partial charge is 0.405 e. The molecule has 2 aromatic carbocycles. The average molecular weight is 352 g/mol. The van der Waals surface area contributed by atoms with E-state index >= 15 is 0 Å². The number of hydrogen-bond acceptors (Lipinski definition) is 3. The minimum absolute atomic E-state index is 0.228. The number of phenols is 1. The van der Waals surface area contributed by atoms with Crippen LogP contribution in [0.3, 0.4) is 0 Å². The Hall–Kier alpha value is -1.75. The number of phenolic OH excluding ortho intramolecular Hbond substituents is 1. The van der Waals surface area contributed by atoms with Crippen molar-refractivity contribution in [3.05, 3.63) is 40.4 Å². The number of aryl methyl sites for hydroxylation is 1. The highest BCUT2D eigenvalue weighted by atomic mass is 79.9. The molecule has 21 heavy (non-hydrogen) atoms. The molecule has 0 unspecified atom stereocenters. The van der Waals surface area contributed by atoms with E-state index in [-0.39, 0.29) is 5.75 Å². The van der Waals surface area contributed by atoms with Gasteiger partial charge in [0.05, 0.1) is 4.47 Å². The molecule has 4 nitrogen and oxygen atoms in total. The van der Waals surface area contributed by atoms with E-state index in [4.69, 9.17) is 10.5 Å². The number of benzene rings is 2. The molecule has 112 valence electrons. The molecule has 0 fully saturated rings. The van der Waals surface area contributed by atoms with Crippen LogP contribution in [0.4, 0.5) is 4.79 Å². The number of hydrogen-bond donors (Lipinski definition) is 2. The van der Waals surface area contributed by atoms with E-state index in [0.717, 1.165) is 22.8 Å². The molecule has 5 heteroatoms. The highest BCUT2D eigenvalue weighted by molar-refractivity contribution is 9.10. The molecule has 0 saturated heterocycles. The minimum atomic E-state index is -0.752. The summed E-state index contributed by atoms with van der Waals surface area (Å²) in [4.78, 5) is 10.8. The molecule has 3 N–H and O–H groups in total. The fraction of sp³-hybridized carbons (Fsp3) is 0.312. The molecular formula is C16H18BrNO3. The number of rotatable bonds is 4. The Balaban J connectivity index is 2.17. The third kappa shape index (κ3) is 3.88. The molecule has 0 saturated carbocycles. The third-order valence-corrected chi connectivity index (χ3v) is 4.22. The molecule has 0 aliphatic heterocycles. The first-order valence-electron chi connectivity index (χ1n) is 6.67. The van der Waals surface area contributed by atoms with E-state index in [0.29, 0.717) is 10.9 Å². The van der Waals surface area contributed by atoms with Crippen LogP contribution in [-0.4, -0.2) is 16.8 Å². The maximum atomic E-state index is 10.8. The van der Waals surface area contributed by atoms with E-state index in [1.165, 1.54) is 0 Å². The van der Waals surface area contributed by atoms with Gasteiger partial charge in [-0.3, -0.25) is 0 Å². The number of primary amides is 1. The van der Waals surface area contributed by atoms with Crippen molar-refractivity contribution in [2.45, 2.75) is 32.3 Å². The summed E-state index contributed by atoms with van der Waals surface area (Å²) in [5.74, 6) is 0.228. The average Bonchev–Trinajstić information content (AvgIpc) is 2.39. The van der Waals surface area contributed by atoms with Crippen LogP contribution in [-0.2, 0) is 11.2 Å². The maximum absolute atomic E-state index is 10.8. The van der Waals surface area contributed by atoms with Crippen LogP contribution in [0.2, 0.25) is 0 Å². The van der Waals surface area contributed by atoms with Gasteiger partial charge in [-0.25, -0.2) is 4.79 Å². The Morgan fingerprint density at radius 2 is 2.05 bits per heavy atom. The van der Waals surface area contributed by atoms with Crippen molar-refractivity contribution in [2.24, 2.45) is 5.73 Å². The van der Waals surface area contributed by atoms with E-state index in [1.54, 1.807) is 6.07 Å². The highest BCUT2D eigenvalue weighted by Crippen LogP contribution is 2.33. The fourth-order valence-electron chi connectivity index (χ4n) is 2.25. The van der Waals surface area contributed by atoms with Gasteiger partial charge in [0, 0.05) is 0 Å². The lowest BCUT2D eigenvalue weighted by molar-refractivity contribution is 0.0394. The summed E-state index contributed by atoms with van der Waals surface area (Å²) in [6.45, 7) is 3.68. The van der Waals surface area contributed by atoms with Gasteiger partial charge in [-0.15, -0.1) is 0 Å². The highest BCUT2D eigenvalue weighted by Gasteiger charge is 2.21. The Labute approximate surface area is 132 Å². The first kappa shape index (κ1) is 15.6. The van der Waals surface area contributed by atoms with Gasteiger partial charge in [-0.2, -0.15) is 0 Å². The lowest BCUT2D eigenvalue weighted by Crippen LogP contribution is -2.31. The standard InChI is InChI=1S/C16H18BrNO3/c1-16(2,21-15(18)20)8-7-10-3-5-12-11(9-10)4-6-13(19)14(12)17/h3-6,9,19H,7-8H2,1-2H3,(H2,18,20). The van der Waals surface area contributed by atoms with E-state index in [9.17, 15) is 9.90 Å². The zero-order valence-corrected chi connectivity index (χ0v) is 13.6. The normalized spacial score (nSPS) is 11.6. The predicted octanol–water partition coefficient (Wildman–Crippen LogP) is 4.11. The van der Waals surface area contributed by atoms with Crippen molar-refractivity contribution in [3.8, 4) is 5.75 Å². The third-order valence-electron chi connectivity index (χ3n) is 3.39. The van der Waals surface area contributed by atoms with Gasteiger partial charge >= 0.3 is 6.09 Å². The number of carbonyl (C=O) groups excluding carboxylic acids is 1. The number of ether oxygens (including phenoxy) is 1. The van der Waals surface area contributed by atoms with Gasteiger partial charge in [0.1, 0.15) is 11.4 Å². The summed E-state index contributed by atoms with van der Waals surface area (Å²) in [7, 11) is 0. The number of halogens is 1. The molecule has 1 amide bonds. The van der Waals surface area contributed by atoms with Gasteiger partial charge in [0.2, 0.25) is 0 Å². The van der Waals surface area contributed by atoms with Gasteiger partial charge < -0.3 is 15.6 Å². The Kier molecular flexibility index (Phi) is 4.42. The quantitative estimate of drug-likeness (QED) is 0.870. The van der Waals surface area contributed by atoms with Gasteiger partial charge in [0.25, 0.3) is 0 Å². The zero-order chi connectivity index (χ0) is 15.6. The molecule has 0 heterocycles. The molecule has 0 spiro atoms. The first-order chi connectivity index (χ1) is 9.78. The SMILES string of the molecule is CC(C)(CCc1ccc2c(Br)c(O)ccc2c1)OC(N)=O. The van der Waals surface area contributed by atoms with Crippen molar-refractivity contribution in [1.82, 2.24) is 0 Å². The number of amides is 1. The van der Waals surface area contributed by atoms with Crippen molar-refractivity contribution < 1.29 is 14.6 Å². The molecule has 0 aliphatic carbocycles. The lowest BCUT2D eigenvalue weighted by atomic mass is 9.97. The maximum Gasteiger partial charge on any atom is 0.405 e. The summed E-state index contributed by atoms with van der Waals surface area (Å²) in [5.41, 5.74) is 5.62. The van der Waals surface area contributed by atoms with Crippen LogP contribution >= 0.6 is 15.9 Å². The number of aromatic hydroxyl groups is 1. The van der Waals surface area contributed by atoms with Crippen LogP contribution in [0, 0.1) is 0 Å². The molecule has 2 rings (SSSR count). The molecule has 0 aliphatic rings.